The Morgan fingerprint density at radius 3 is 2.60 bits per heavy atom. The molecule has 1 fully saturated rings. The lowest BCUT2D eigenvalue weighted by Crippen LogP contribution is -2.31. The average Bonchev–Trinajstić information content (AvgIpc) is 2.97. The van der Waals surface area contributed by atoms with E-state index in [9.17, 15) is 0 Å². The van der Waals surface area contributed by atoms with Crippen molar-refractivity contribution in [3.8, 4) is 5.75 Å². The molecule has 1 aliphatic rings. The van der Waals surface area contributed by atoms with Crippen molar-refractivity contribution < 1.29 is 4.74 Å². The van der Waals surface area contributed by atoms with Crippen LogP contribution in [0.3, 0.4) is 0 Å². The molecule has 0 spiro atoms. The van der Waals surface area contributed by atoms with Gasteiger partial charge in [0.2, 0.25) is 0 Å². The van der Waals surface area contributed by atoms with E-state index in [-0.39, 0.29) is 5.41 Å². The summed E-state index contributed by atoms with van der Waals surface area (Å²) in [7, 11) is 0. The zero-order valence-electron chi connectivity index (χ0n) is 15.6. The fraction of sp³-hybridized carbons (Fsp3) is 0.476. The van der Waals surface area contributed by atoms with Crippen molar-refractivity contribution in [2.24, 2.45) is 11.1 Å². The van der Waals surface area contributed by atoms with Crippen molar-refractivity contribution in [3.63, 3.8) is 0 Å². The summed E-state index contributed by atoms with van der Waals surface area (Å²) in [5.41, 5.74) is 10.9. The smallest absolute Gasteiger partial charge is 0.130 e. The molecule has 25 heavy (non-hydrogen) atoms. The molecule has 1 aromatic carbocycles. The average molecular weight is 339 g/mol. The van der Waals surface area contributed by atoms with Gasteiger partial charge in [-0.2, -0.15) is 0 Å². The number of benzene rings is 1. The lowest BCUT2D eigenvalue weighted by Gasteiger charge is -2.23. The molecule has 1 atom stereocenters. The molecule has 2 N–H and O–H groups in total. The SMILES string of the molecule is Cc1cc(CN2CCC(C)(CN)C2)cc(C)c1OCc1ccccn1. The van der Waals surface area contributed by atoms with Gasteiger partial charge in [-0.05, 0) is 67.6 Å². The third-order valence-corrected chi connectivity index (χ3v) is 5.15. The van der Waals surface area contributed by atoms with Gasteiger partial charge in [0.1, 0.15) is 12.4 Å². The molecular formula is C21H29N3O. The molecule has 1 aliphatic heterocycles. The predicted molar refractivity (Wildman–Crippen MR) is 102 cm³/mol. The number of rotatable bonds is 6. The van der Waals surface area contributed by atoms with Crippen LogP contribution in [0.4, 0.5) is 0 Å². The van der Waals surface area contributed by atoms with Crippen LogP contribution in [0.15, 0.2) is 36.5 Å². The highest BCUT2D eigenvalue weighted by Gasteiger charge is 2.32. The minimum atomic E-state index is 0.274. The van der Waals surface area contributed by atoms with Crippen LogP contribution < -0.4 is 10.5 Å². The maximum Gasteiger partial charge on any atom is 0.130 e. The van der Waals surface area contributed by atoms with Gasteiger partial charge in [-0.15, -0.1) is 0 Å². The topological polar surface area (TPSA) is 51.4 Å². The molecule has 2 aromatic rings. The first kappa shape index (κ1) is 17.9. The number of aromatic nitrogens is 1. The van der Waals surface area contributed by atoms with Crippen LogP contribution in [0.25, 0.3) is 0 Å². The van der Waals surface area contributed by atoms with E-state index in [2.05, 4.69) is 42.8 Å². The standard InChI is InChI=1S/C21H29N3O/c1-16-10-18(12-24-9-7-21(3,14-22)15-24)11-17(2)20(16)25-13-19-6-4-5-8-23-19/h4-6,8,10-11H,7,9,12-15,22H2,1-3H3. The molecule has 4 nitrogen and oxygen atoms in total. The number of aryl methyl sites for hydroxylation is 2. The number of pyridine rings is 1. The van der Waals surface area contributed by atoms with Crippen LogP contribution >= 0.6 is 0 Å². The number of nitrogens with zero attached hydrogens (tertiary/aromatic N) is 2. The summed E-state index contributed by atoms with van der Waals surface area (Å²) < 4.78 is 6.04. The Kier molecular flexibility index (Phi) is 5.40. The van der Waals surface area contributed by atoms with Crippen LogP contribution in [0.2, 0.25) is 0 Å². The molecule has 1 unspecified atom stereocenters. The first-order chi connectivity index (χ1) is 12.0. The first-order valence-electron chi connectivity index (χ1n) is 9.04. The van der Waals surface area contributed by atoms with Gasteiger partial charge in [0.15, 0.2) is 0 Å². The van der Waals surface area contributed by atoms with Gasteiger partial charge in [-0.3, -0.25) is 9.88 Å². The minimum Gasteiger partial charge on any atom is -0.487 e. The van der Waals surface area contributed by atoms with Gasteiger partial charge < -0.3 is 10.5 Å². The van der Waals surface area contributed by atoms with Gasteiger partial charge in [0.25, 0.3) is 0 Å². The molecule has 3 rings (SSSR count). The maximum absolute atomic E-state index is 6.04. The van der Waals surface area contributed by atoms with Gasteiger partial charge in [0, 0.05) is 19.3 Å². The number of hydrogen-bond acceptors (Lipinski definition) is 4. The molecular weight excluding hydrogens is 310 g/mol. The summed E-state index contributed by atoms with van der Waals surface area (Å²) in [5, 5.41) is 0. The summed E-state index contributed by atoms with van der Waals surface area (Å²) in [6, 6.07) is 10.4. The molecule has 0 aliphatic carbocycles. The Morgan fingerprint density at radius 2 is 2.00 bits per heavy atom. The van der Waals surface area contributed by atoms with E-state index in [1.165, 1.54) is 23.1 Å². The molecule has 0 amide bonds. The lowest BCUT2D eigenvalue weighted by atomic mass is 9.90. The minimum absolute atomic E-state index is 0.274. The van der Waals surface area contributed by atoms with Crippen molar-refractivity contribution in [2.45, 2.75) is 40.3 Å². The van der Waals surface area contributed by atoms with E-state index in [4.69, 9.17) is 10.5 Å². The second kappa shape index (κ2) is 7.54. The largest absolute Gasteiger partial charge is 0.487 e. The second-order valence-electron chi connectivity index (χ2n) is 7.64. The quantitative estimate of drug-likeness (QED) is 0.876. The van der Waals surface area contributed by atoms with E-state index in [0.29, 0.717) is 6.61 Å². The van der Waals surface area contributed by atoms with Gasteiger partial charge in [0.05, 0.1) is 5.69 Å². The lowest BCUT2D eigenvalue weighted by molar-refractivity contribution is 0.273. The summed E-state index contributed by atoms with van der Waals surface area (Å²) >= 11 is 0. The molecule has 0 bridgehead atoms. The number of nitrogens with two attached hydrogens (primary N) is 1. The predicted octanol–water partition coefficient (Wildman–Crippen LogP) is 3.45. The Balaban J connectivity index is 1.66. The van der Waals surface area contributed by atoms with Crippen LogP contribution in [-0.2, 0) is 13.2 Å². The molecule has 2 heterocycles. The van der Waals surface area contributed by atoms with Crippen molar-refractivity contribution in [1.82, 2.24) is 9.88 Å². The Labute approximate surface area is 151 Å². The van der Waals surface area contributed by atoms with Crippen molar-refractivity contribution in [1.29, 1.82) is 0 Å². The third-order valence-electron chi connectivity index (χ3n) is 5.15. The van der Waals surface area contributed by atoms with Crippen molar-refractivity contribution >= 4 is 0 Å². The molecule has 134 valence electrons. The summed E-state index contributed by atoms with van der Waals surface area (Å²) in [5.74, 6) is 0.975. The Hall–Kier alpha value is -1.91. The first-order valence-corrected chi connectivity index (χ1v) is 9.04. The van der Waals surface area contributed by atoms with Gasteiger partial charge >= 0.3 is 0 Å². The van der Waals surface area contributed by atoms with E-state index in [1.807, 2.05) is 18.2 Å². The molecule has 1 aromatic heterocycles. The normalized spacial score (nSPS) is 20.8. The molecule has 1 saturated heterocycles. The molecule has 0 saturated carbocycles. The fourth-order valence-corrected chi connectivity index (χ4v) is 3.67. The van der Waals surface area contributed by atoms with Crippen LogP contribution in [0.1, 0.15) is 35.7 Å². The molecule has 0 radical (unpaired) electrons. The van der Waals surface area contributed by atoms with Crippen LogP contribution in [0.5, 0.6) is 5.75 Å². The van der Waals surface area contributed by atoms with E-state index < -0.39 is 0 Å². The zero-order valence-corrected chi connectivity index (χ0v) is 15.6. The summed E-state index contributed by atoms with van der Waals surface area (Å²) in [6.45, 7) is 11.0. The van der Waals surface area contributed by atoms with E-state index in [0.717, 1.165) is 37.6 Å². The number of ether oxygens (including phenoxy) is 1. The van der Waals surface area contributed by atoms with E-state index in [1.54, 1.807) is 6.20 Å². The summed E-state index contributed by atoms with van der Waals surface area (Å²) in [6.07, 6.45) is 2.99. The Morgan fingerprint density at radius 1 is 1.24 bits per heavy atom. The van der Waals surface area contributed by atoms with Gasteiger partial charge in [-0.1, -0.05) is 25.1 Å². The Bertz CT molecular complexity index is 693. The highest BCUT2D eigenvalue weighted by molar-refractivity contribution is 5.43. The van der Waals surface area contributed by atoms with Gasteiger partial charge in [-0.25, -0.2) is 0 Å². The van der Waals surface area contributed by atoms with Crippen molar-refractivity contribution in [3.05, 3.63) is 58.9 Å². The highest BCUT2D eigenvalue weighted by atomic mass is 16.5. The third kappa shape index (κ3) is 4.39. The summed E-state index contributed by atoms with van der Waals surface area (Å²) in [4.78, 5) is 6.83. The highest BCUT2D eigenvalue weighted by Crippen LogP contribution is 2.31. The van der Waals surface area contributed by atoms with Crippen LogP contribution in [-0.4, -0.2) is 29.5 Å². The van der Waals surface area contributed by atoms with Crippen LogP contribution in [0, 0.1) is 19.3 Å². The maximum atomic E-state index is 6.04. The number of hydrogen-bond donors (Lipinski definition) is 1. The molecule has 4 heteroatoms. The number of likely N-dealkylation sites (tertiary alicyclic amines) is 1. The monoisotopic (exact) mass is 339 g/mol. The zero-order chi connectivity index (χ0) is 17.9. The second-order valence-corrected chi connectivity index (χ2v) is 7.64. The fourth-order valence-electron chi connectivity index (χ4n) is 3.67. The van der Waals surface area contributed by atoms with Crippen molar-refractivity contribution in [2.75, 3.05) is 19.6 Å². The van der Waals surface area contributed by atoms with E-state index >= 15 is 0 Å².